The maximum Gasteiger partial charge on any atom is 0.267 e. The van der Waals surface area contributed by atoms with E-state index in [-0.39, 0.29) is 49.5 Å². The molecule has 0 aliphatic carbocycles. The average molecular weight is 851 g/mol. The van der Waals surface area contributed by atoms with Crippen LogP contribution < -0.4 is 10.6 Å². The third-order valence-corrected chi connectivity index (χ3v) is 12.6. The van der Waals surface area contributed by atoms with Crippen molar-refractivity contribution in [3.8, 4) is 0 Å². The summed E-state index contributed by atoms with van der Waals surface area (Å²) in [6, 6.07) is 22.6. The zero-order valence-corrected chi connectivity index (χ0v) is 33.2. The van der Waals surface area contributed by atoms with Crippen molar-refractivity contribution < 1.29 is 30.8 Å². The molecule has 0 fully saturated rings. The van der Waals surface area contributed by atoms with Gasteiger partial charge in [-0.2, -0.15) is 5.10 Å². The first kappa shape index (κ1) is 40.4. The van der Waals surface area contributed by atoms with E-state index in [1.165, 1.54) is 61.1 Å². The minimum Gasteiger partial charge on any atom is -0.350 e. The second-order valence-electron chi connectivity index (χ2n) is 13.1. The van der Waals surface area contributed by atoms with Crippen LogP contribution in [0.2, 0.25) is 5.02 Å². The van der Waals surface area contributed by atoms with E-state index in [9.17, 15) is 30.8 Å². The van der Waals surface area contributed by atoms with E-state index < -0.39 is 25.5 Å². The number of nitrogens with zero attached hydrogens (tertiary/aromatic N) is 4. The number of carbonyl (C=O) groups excluding carboxylic acids is 2. The fraction of sp³-hybridized carbons (Fsp3) is 0.0732. The van der Waals surface area contributed by atoms with Gasteiger partial charge in [-0.25, -0.2) is 26.2 Å². The number of pyridine rings is 3. The molecule has 2 amide bonds. The highest BCUT2D eigenvalue weighted by molar-refractivity contribution is 7.91. The molecule has 8 rings (SSSR count). The number of amides is 2. The van der Waals surface area contributed by atoms with E-state index in [1.807, 2.05) is 0 Å². The van der Waals surface area contributed by atoms with Crippen LogP contribution in [-0.4, -0.2) is 58.8 Å². The van der Waals surface area contributed by atoms with E-state index in [2.05, 4.69) is 40.8 Å². The van der Waals surface area contributed by atoms with Gasteiger partial charge in [0.1, 0.15) is 11.5 Å². The molecule has 59 heavy (non-hydrogen) atoms. The molecule has 5 heterocycles. The van der Waals surface area contributed by atoms with Crippen LogP contribution in [0.25, 0.3) is 21.9 Å². The first-order valence-electron chi connectivity index (χ1n) is 17.6. The Kier molecular flexibility index (Phi) is 11.6. The van der Waals surface area contributed by atoms with Crippen molar-refractivity contribution in [2.75, 3.05) is 0 Å². The lowest BCUT2D eigenvalue weighted by molar-refractivity contribution is 0.0940. The fourth-order valence-corrected chi connectivity index (χ4v) is 8.72. The molecule has 298 valence electrons. The van der Waals surface area contributed by atoms with Crippen LogP contribution in [-0.2, 0) is 32.8 Å². The number of H-pyrrole nitrogens is 2. The molecule has 4 N–H and O–H groups in total. The summed E-state index contributed by atoms with van der Waals surface area (Å²) in [5.74, 6) is -1.17. The zero-order valence-electron chi connectivity index (χ0n) is 30.8. The molecular formula is C41H32ClFN8O6S2. The van der Waals surface area contributed by atoms with Crippen LogP contribution >= 0.6 is 11.6 Å². The lowest BCUT2D eigenvalue weighted by Gasteiger charge is -2.08. The zero-order chi connectivity index (χ0) is 41.7. The summed E-state index contributed by atoms with van der Waals surface area (Å²) in [5, 5.41) is 14.0. The highest BCUT2D eigenvalue weighted by atomic mass is 35.5. The lowest BCUT2D eigenvalue weighted by Crippen LogP contribution is -2.23. The van der Waals surface area contributed by atoms with Gasteiger partial charge in [0.05, 0.1) is 36.4 Å². The molecule has 0 atom stereocenters. The fourth-order valence-electron chi connectivity index (χ4n) is 5.86. The Morgan fingerprint density at radius 2 is 1.34 bits per heavy atom. The van der Waals surface area contributed by atoms with Crippen molar-refractivity contribution in [3.05, 3.63) is 167 Å². The SMILES string of the molecule is Cc1cc(F)cc(S(=O)(=O)c2ccc(CNC(=O)c3cnc4[nH]ncc4c3)cc2)c1.O=C(NCc1ccc(S(=O)(=O)c2cncc(Cl)c2)cc1)c1cc2cnccc2[nH]1. The van der Waals surface area contributed by atoms with E-state index in [1.54, 1.807) is 68.0 Å². The molecule has 0 saturated heterocycles. The number of hydrogen-bond donors (Lipinski definition) is 4. The number of fused-ring (bicyclic) bond motifs is 2. The number of rotatable bonds is 10. The summed E-state index contributed by atoms with van der Waals surface area (Å²) in [4.78, 5) is 39.8. The molecule has 0 unspecified atom stereocenters. The van der Waals surface area contributed by atoms with Crippen LogP contribution in [0.15, 0.2) is 148 Å². The van der Waals surface area contributed by atoms with Gasteiger partial charge in [0.25, 0.3) is 11.8 Å². The largest absolute Gasteiger partial charge is 0.350 e. The Hall–Kier alpha value is -6.82. The summed E-state index contributed by atoms with van der Waals surface area (Å²) in [5.41, 5.74) is 4.25. The normalized spacial score (nSPS) is 11.5. The predicted octanol–water partition coefficient (Wildman–Crippen LogP) is 6.54. The molecule has 14 nitrogen and oxygen atoms in total. The number of halogens is 2. The second-order valence-corrected chi connectivity index (χ2v) is 17.5. The van der Waals surface area contributed by atoms with Gasteiger partial charge < -0.3 is 15.6 Å². The molecule has 18 heteroatoms. The minimum absolute atomic E-state index is 0.0272. The number of benzene rings is 3. The molecule has 8 aromatic rings. The van der Waals surface area contributed by atoms with E-state index in [0.29, 0.717) is 22.5 Å². The van der Waals surface area contributed by atoms with Gasteiger partial charge in [0, 0.05) is 60.4 Å². The number of aryl methyl sites for hydroxylation is 1. The molecule has 0 aliphatic rings. The highest BCUT2D eigenvalue weighted by Crippen LogP contribution is 2.25. The summed E-state index contributed by atoms with van der Waals surface area (Å²) >= 11 is 5.84. The molecule has 0 spiro atoms. The Morgan fingerprint density at radius 1 is 0.678 bits per heavy atom. The number of carbonyl (C=O) groups is 2. The van der Waals surface area contributed by atoms with Crippen LogP contribution in [0, 0.1) is 12.7 Å². The first-order valence-corrected chi connectivity index (χ1v) is 20.9. The number of hydrogen-bond acceptors (Lipinski definition) is 10. The van der Waals surface area contributed by atoms with Gasteiger partial charge in [-0.05, 0) is 90.3 Å². The Morgan fingerprint density at radius 3 is 1.98 bits per heavy atom. The van der Waals surface area contributed by atoms with Gasteiger partial charge in [-0.15, -0.1) is 0 Å². The minimum atomic E-state index is -3.83. The van der Waals surface area contributed by atoms with Crippen LogP contribution in [0.4, 0.5) is 4.39 Å². The molecule has 0 saturated carbocycles. The van der Waals surface area contributed by atoms with Crippen LogP contribution in [0.3, 0.4) is 0 Å². The van der Waals surface area contributed by atoms with Gasteiger partial charge in [0.15, 0.2) is 5.65 Å². The van der Waals surface area contributed by atoms with E-state index in [4.69, 9.17) is 11.6 Å². The Labute approximate surface area is 341 Å². The molecule has 3 aromatic carbocycles. The number of nitrogens with one attached hydrogen (secondary N) is 4. The third kappa shape index (κ3) is 9.33. The highest BCUT2D eigenvalue weighted by Gasteiger charge is 2.20. The number of aromatic nitrogens is 6. The maximum atomic E-state index is 13.6. The van der Waals surface area contributed by atoms with Crippen molar-refractivity contribution in [1.29, 1.82) is 0 Å². The van der Waals surface area contributed by atoms with Crippen molar-refractivity contribution in [2.24, 2.45) is 0 Å². The third-order valence-electron chi connectivity index (χ3n) is 8.91. The molecule has 0 radical (unpaired) electrons. The standard InChI is InChI=1S/C21H17FN4O3S.C20H15ClN4O3S/c1-13-6-17(22)9-19(7-13)30(28,29)18-4-2-14(3-5-18)10-24-21(27)16-8-15-12-25-26-20(15)23-11-16;21-15-8-17(12-23-11-15)29(27,28)16-3-1-13(2-4-16)9-24-20(26)19-7-14-10-22-6-5-18(14)25-19/h2-9,11-12H,10H2,1H3,(H,24,27)(H,23,25,26);1-8,10-12,25H,9H2,(H,24,26). The van der Waals surface area contributed by atoms with Gasteiger partial charge in [0.2, 0.25) is 19.7 Å². The average Bonchev–Trinajstić information content (AvgIpc) is 3.90. The Balaban J connectivity index is 0.000000179. The number of sulfone groups is 2. The van der Waals surface area contributed by atoms with Crippen molar-refractivity contribution in [2.45, 2.75) is 39.6 Å². The topological polar surface area (TPSA) is 210 Å². The van der Waals surface area contributed by atoms with Crippen LogP contribution in [0.5, 0.6) is 0 Å². The molecule has 5 aromatic heterocycles. The molecule has 0 bridgehead atoms. The van der Waals surface area contributed by atoms with Crippen LogP contribution in [0.1, 0.15) is 37.5 Å². The summed E-state index contributed by atoms with van der Waals surface area (Å²) in [6.07, 6.45) is 8.99. The van der Waals surface area contributed by atoms with Crippen molar-refractivity contribution in [3.63, 3.8) is 0 Å². The quantitative estimate of drug-likeness (QED) is 0.117. The maximum absolute atomic E-state index is 13.6. The smallest absolute Gasteiger partial charge is 0.267 e. The summed E-state index contributed by atoms with van der Waals surface area (Å²) in [7, 11) is -7.55. The monoisotopic (exact) mass is 850 g/mol. The van der Waals surface area contributed by atoms with E-state index >= 15 is 0 Å². The van der Waals surface area contributed by atoms with Gasteiger partial charge >= 0.3 is 0 Å². The lowest BCUT2D eigenvalue weighted by atomic mass is 10.2. The number of aromatic amines is 2. The molecule has 0 aliphatic heterocycles. The second kappa shape index (κ2) is 17.0. The van der Waals surface area contributed by atoms with Gasteiger partial charge in [-0.3, -0.25) is 24.7 Å². The van der Waals surface area contributed by atoms with Gasteiger partial charge in [-0.1, -0.05) is 35.9 Å². The summed E-state index contributed by atoms with van der Waals surface area (Å²) in [6.45, 7) is 2.10. The first-order chi connectivity index (χ1) is 28.3. The summed E-state index contributed by atoms with van der Waals surface area (Å²) < 4.78 is 64.4. The van der Waals surface area contributed by atoms with Crippen molar-refractivity contribution in [1.82, 2.24) is 40.8 Å². The van der Waals surface area contributed by atoms with Crippen molar-refractivity contribution >= 4 is 65.0 Å². The predicted molar refractivity (Wildman–Crippen MR) is 216 cm³/mol. The molecular weight excluding hydrogens is 819 g/mol. The Bertz CT molecular complexity index is 3010. The van der Waals surface area contributed by atoms with E-state index in [0.717, 1.165) is 33.5 Å².